The van der Waals surface area contributed by atoms with Gasteiger partial charge in [-0.3, -0.25) is 15.0 Å². The molecule has 3 rings (SSSR count). The van der Waals surface area contributed by atoms with E-state index in [1.54, 1.807) is 0 Å². The molecule has 0 radical (unpaired) electrons. The molecule has 0 spiro atoms. The summed E-state index contributed by atoms with van der Waals surface area (Å²) in [5.74, 6) is 0.482. The van der Waals surface area contributed by atoms with E-state index in [-0.39, 0.29) is 17.4 Å². The zero-order valence-electron chi connectivity index (χ0n) is 15.0. The van der Waals surface area contributed by atoms with Crippen molar-refractivity contribution in [3.8, 4) is 0 Å². The average molecular weight is 335 g/mol. The number of likely N-dealkylation sites (tertiary alicyclic amines) is 1. The fraction of sp³-hybridized carbons (Fsp3) is 0.778. The van der Waals surface area contributed by atoms with Crippen LogP contribution in [0.2, 0.25) is 0 Å². The highest BCUT2D eigenvalue weighted by atomic mass is 16.5. The molecular weight excluding hydrogens is 306 g/mol. The van der Waals surface area contributed by atoms with E-state index >= 15 is 0 Å². The number of anilines is 1. The molecule has 0 saturated carbocycles. The van der Waals surface area contributed by atoms with Crippen LogP contribution in [0.1, 0.15) is 52.1 Å². The summed E-state index contributed by atoms with van der Waals surface area (Å²) >= 11 is 0. The van der Waals surface area contributed by atoms with E-state index in [4.69, 9.17) is 9.26 Å². The number of amides is 1. The lowest BCUT2D eigenvalue weighted by Gasteiger charge is -2.34. The molecule has 2 aliphatic rings. The molecule has 24 heavy (non-hydrogen) atoms. The third kappa shape index (κ3) is 4.36. The third-order valence-electron chi connectivity index (χ3n) is 4.77. The molecule has 134 valence electrons. The minimum atomic E-state index is -0.0655. The summed E-state index contributed by atoms with van der Waals surface area (Å²) in [6, 6.07) is 2.24. The van der Waals surface area contributed by atoms with Crippen LogP contribution in [0.3, 0.4) is 0 Å². The van der Waals surface area contributed by atoms with Crippen LogP contribution in [0.4, 0.5) is 5.88 Å². The molecule has 1 aromatic heterocycles. The van der Waals surface area contributed by atoms with Crippen molar-refractivity contribution in [2.45, 2.75) is 65.0 Å². The first-order valence-corrected chi connectivity index (χ1v) is 9.02. The zero-order valence-corrected chi connectivity index (χ0v) is 15.0. The van der Waals surface area contributed by atoms with E-state index in [1.807, 2.05) is 6.07 Å². The van der Waals surface area contributed by atoms with Crippen molar-refractivity contribution >= 4 is 11.8 Å². The highest BCUT2D eigenvalue weighted by molar-refractivity contribution is 5.93. The van der Waals surface area contributed by atoms with Crippen molar-refractivity contribution in [1.82, 2.24) is 10.1 Å². The Kier molecular flexibility index (Phi) is 5.25. The molecule has 2 aliphatic heterocycles. The first-order chi connectivity index (χ1) is 11.4. The number of rotatable bonds is 4. The van der Waals surface area contributed by atoms with Crippen LogP contribution >= 0.6 is 0 Å². The lowest BCUT2D eigenvalue weighted by atomic mass is 9.91. The van der Waals surface area contributed by atoms with Crippen LogP contribution in [-0.2, 0) is 16.0 Å². The average Bonchev–Trinajstić information content (AvgIpc) is 3.16. The molecule has 6 heteroatoms. The maximum absolute atomic E-state index is 12.7. The predicted octanol–water partition coefficient (Wildman–Crippen LogP) is 2.85. The number of nitrogens with zero attached hydrogens (tertiary/aromatic N) is 2. The number of carbonyl (C=O) groups excluding carboxylic acids is 1. The molecule has 1 unspecified atom stereocenters. The molecule has 1 amide bonds. The second-order valence-electron chi connectivity index (χ2n) is 8.15. The Bertz CT molecular complexity index is 558. The monoisotopic (exact) mass is 335 g/mol. The highest BCUT2D eigenvalue weighted by Crippen LogP contribution is 2.27. The Morgan fingerprint density at radius 1 is 1.33 bits per heavy atom. The molecular formula is C18H29N3O3. The summed E-state index contributed by atoms with van der Waals surface area (Å²) < 4.78 is 10.7. The fourth-order valence-corrected chi connectivity index (χ4v) is 3.73. The van der Waals surface area contributed by atoms with Crippen LogP contribution in [0.5, 0.6) is 0 Å². The first-order valence-electron chi connectivity index (χ1n) is 9.02. The van der Waals surface area contributed by atoms with Crippen molar-refractivity contribution in [3.05, 3.63) is 11.8 Å². The predicted molar refractivity (Wildman–Crippen MR) is 91.9 cm³/mol. The first kappa shape index (κ1) is 17.4. The van der Waals surface area contributed by atoms with Gasteiger partial charge in [-0.25, -0.2) is 0 Å². The SMILES string of the molecule is CC(C)(C)Cc1cc(NC(=O)C2CCCN2C2CCOCC2)on1. The van der Waals surface area contributed by atoms with Gasteiger partial charge >= 0.3 is 0 Å². The van der Waals surface area contributed by atoms with Crippen LogP contribution in [-0.4, -0.2) is 47.8 Å². The maximum atomic E-state index is 12.7. The van der Waals surface area contributed by atoms with Gasteiger partial charge in [-0.15, -0.1) is 0 Å². The van der Waals surface area contributed by atoms with Crippen molar-refractivity contribution < 1.29 is 14.1 Å². The second kappa shape index (κ2) is 7.23. The van der Waals surface area contributed by atoms with E-state index in [2.05, 4.69) is 36.1 Å². The normalized spacial score (nSPS) is 23.5. The molecule has 1 aromatic rings. The van der Waals surface area contributed by atoms with Crippen molar-refractivity contribution in [3.63, 3.8) is 0 Å². The Morgan fingerprint density at radius 3 is 2.79 bits per heavy atom. The Hall–Kier alpha value is -1.40. The van der Waals surface area contributed by atoms with E-state index in [9.17, 15) is 4.79 Å². The summed E-state index contributed by atoms with van der Waals surface area (Å²) in [7, 11) is 0. The molecule has 0 bridgehead atoms. The Morgan fingerprint density at radius 2 is 2.08 bits per heavy atom. The molecule has 0 aromatic carbocycles. The van der Waals surface area contributed by atoms with Gasteiger partial charge in [0.05, 0.1) is 11.7 Å². The smallest absolute Gasteiger partial charge is 0.244 e. The standard InChI is InChI=1S/C18H29N3O3/c1-18(2,3)12-13-11-16(24-20-13)19-17(22)15-5-4-8-21(15)14-6-9-23-10-7-14/h11,14-15H,4-10,12H2,1-3H3,(H,19,22). The van der Waals surface area contributed by atoms with Crippen LogP contribution in [0.15, 0.2) is 10.6 Å². The van der Waals surface area contributed by atoms with E-state index in [0.29, 0.717) is 11.9 Å². The number of hydrogen-bond donors (Lipinski definition) is 1. The molecule has 2 saturated heterocycles. The minimum Gasteiger partial charge on any atom is -0.381 e. The largest absolute Gasteiger partial charge is 0.381 e. The zero-order chi connectivity index (χ0) is 17.2. The molecule has 1 atom stereocenters. The minimum absolute atomic E-state index is 0.0254. The summed E-state index contributed by atoms with van der Waals surface area (Å²) in [4.78, 5) is 15.0. The maximum Gasteiger partial charge on any atom is 0.244 e. The molecule has 3 heterocycles. The molecule has 6 nitrogen and oxygen atoms in total. The van der Waals surface area contributed by atoms with Crippen LogP contribution in [0, 0.1) is 5.41 Å². The lowest BCUT2D eigenvalue weighted by molar-refractivity contribution is -0.121. The molecule has 0 aliphatic carbocycles. The van der Waals surface area contributed by atoms with Crippen LogP contribution in [0.25, 0.3) is 0 Å². The van der Waals surface area contributed by atoms with Crippen molar-refractivity contribution in [2.24, 2.45) is 5.41 Å². The Labute approximate surface area is 143 Å². The number of ether oxygens (including phenoxy) is 1. The van der Waals surface area contributed by atoms with Gasteiger partial charge in [-0.2, -0.15) is 0 Å². The van der Waals surface area contributed by atoms with Gasteiger partial charge in [0.1, 0.15) is 0 Å². The summed E-state index contributed by atoms with van der Waals surface area (Å²) in [6.07, 6.45) is 4.83. The lowest BCUT2D eigenvalue weighted by Crippen LogP contribution is -2.47. The van der Waals surface area contributed by atoms with E-state index in [1.165, 1.54) is 0 Å². The number of carbonyl (C=O) groups is 1. The topological polar surface area (TPSA) is 67.6 Å². The van der Waals surface area contributed by atoms with E-state index < -0.39 is 0 Å². The van der Waals surface area contributed by atoms with Gasteiger partial charge in [0, 0.05) is 25.3 Å². The van der Waals surface area contributed by atoms with Gasteiger partial charge in [0.15, 0.2) is 0 Å². The van der Waals surface area contributed by atoms with Gasteiger partial charge in [-0.1, -0.05) is 25.9 Å². The second-order valence-corrected chi connectivity index (χ2v) is 8.15. The summed E-state index contributed by atoms with van der Waals surface area (Å²) in [5.41, 5.74) is 1.02. The Balaban J connectivity index is 1.59. The number of hydrogen-bond acceptors (Lipinski definition) is 5. The number of aromatic nitrogens is 1. The van der Waals surface area contributed by atoms with Gasteiger partial charge < -0.3 is 9.26 Å². The summed E-state index contributed by atoms with van der Waals surface area (Å²) in [6.45, 7) is 9.06. The third-order valence-corrected chi connectivity index (χ3v) is 4.77. The van der Waals surface area contributed by atoms with Crippen molar-refractivity contribution in [1.29, 1.82) is 0 Å². The van der Waals surface area contributed by atoms with E-state index in [0.717, 1.165) is 57.6 Å². The highest BCUT2D eigenvalue weighted by Gasteiger charge is 2.36. The van der Waals surface area contributed by atoms with Crippen LogP contribution < -0.4 is 5.32 Å². The number of nitrogens with one attached hydrogen (secondary N) is 1. The molecule has 1 N–H and O–H groups in total. The molecule has 2 fully saturated rings. The summed E-state index contributed by atoms with van der Waals surface area (Å²) in [5, 5.41) is 6.99. The van der Waals surface area contributed by atoms with Gasteiger partial charge in [0.2, 0.25) is 11.8 Å². The van der Waals surface area contributed by atoms with Gasteiger partial charge in [0.25, 0.3) is 0 Å². The van der Waals surface area contributed by atoms with Gasteiger partial charge in [-0.05, 0) is 44.1 Å². The fourth-order valence-electron chi connectivity index (χ4n) is 3.73. The quantitative estimate of drug-likeness (QED) is 0.916. The van der Waals surface area contributed by atoms with Crippen molar-refractivity contribution in [2.75, 3.05) is 25.1 Å².